The zero-order chi connectivity index (χ0) is 23.4. The van der Waals surface area contributed by atoms with E-state index in [1.807, 2.05) is 31.2 Å². The minimum atomic E-state index is -1.01. The summed E-state index contributed by atoms with van der Waals surface area (Å²) in [6, 6.07) is 15.5. The van der Waals surface area contributed by atoms with Gasteiger partial charge in [-0.1, -0.05) is 68.3 Å². The number of benzene rings is 2. The molecule has 0 aromatic heterocycles. The van der Waals surface area contributed by atoms with Crippen molar-refractivity contribution in [1.82, 2.24) is 10.6 Å². The Hall–Kier alpha value is -3.35. The highest BCUT2D eigenvalue weighted by molar-refractivity contribution is 5.86. The second-order valence-electron chi connectivity index (χ2n) is 8.85. The predicted molar refractivity (Wildman–Crippen MR) is 124 cm³/mol. The largest absolute Gasteiger partial charge is 0.480 e. The fourth-order valence-corrected chi connectivity index (χ4v) is 4.60. The molecular formula is C26H30N2O5. The van der Waals surface area contributed by atoms with E-state index in [4.69, 9.17) is 4.74 Å². The van der Waals surface area contributed by atoms with Gasteiger partial charge in [0.15, 0.2) is 0 Å². The van der Waals surface area contributed by atoms with Gasteiger partial charge in [-0.2, -0.15) is 0 Å². The van der Waals surface area contributed by atoms with Gasteiger partial charge in [0.05, 0.1) is 0 Å². The van der Waals surface area contributed by atoms with Crippen molar-refractivity contribution in [2.24, 2.45) is 11.8 Å². The molecule has 0 saturated heterocycles. The van der Waals surface area contributed by atoms with Gasteiger partial charge in [-0.05, 0) is 41.0 Å². The van der Waals surface area contributed by atoms with Gasteiger partial charge in [0.2, 0.25) is 5.91 Å². The first kappa shape index (κ1) is 22.8. The molecule has 0 spiro atoms. The number of ether oxygens (including phenoxy) is 1. The van der Waals surface area contributed by atoms with E-state index in [1.165, 1.54) is 11.1 Å². The molecule has 0 aliphatic heterocycles. The van der Waals surface area contributed by atoms with Crippen LogP contribution >= 0.6 is 0 Å². The Morgan fingerprint density at radius 3 is 2.30 bits per heavy atom. The predicted octanol–water partition coefficient (Wildman–Crippen LogP) is 3.92. The number of carboxylic acid groups (broad SMARTS) is 1. The molecule has 2 aliphatic carbocycles. The summed E-state index contributed by atoms with van der Waals surface area (Å²) < 4.78 is 5.53. The topological polar surface area (TPSA) is 105 Å². The number of nitrogens with one attached hydrogen (secondary N) is 2. The van der Waals surface area contributed by atoms with E-state index < -0.39 is 18.1 Å². The molecular weight excluding hydrogens is 420 g/mol. The minimum Gasteiger partial charge on any atom is -0.480 e. The molecule has 0 bridgehead atoms. The zero-order valence-corrected chi connectivity index (χ0v) is 18.8. The number of carbonyl (C=O) groups excluding carboxylic acids is 2. The molecule has 1 fully saturated rings. The molecule has 1 saturated carbocycles. The van der Waals surface area contributed by atoms with Crippen LogP contribution in [0.25, 0.3) is 11.1 Å². The fraction of sp³-hybridized carbons (Fsp3) is 0.423. The molecule has 3 N–H and O–H groups in total. The molecule has 2 aromatic carbocycles. The van der Waals surface area contributed by atoms with Crippen LogP contribution in [0.15, 0.2) is 48.5 Å². The maximum absolute atomic E-state index is 12.4. The second kappa shape index (κ2) is 10.1. The van der Waals surface area contributed by atoms with Gasteiger partial charge in [-0.15, -0.1) is 0 Å². The lowest BCUT2D eigenvalue weighted by molar-refractivity contribution is -0.142. The second-order valence-corrected chi connectivity index (χ2v) is 8.85. The molecule has 0 unspecified atom stereocenters. The average molecular weight is 451 g/mol. The first-order valence-electron chi connectivity index (χ1n) is 11.6. The van der Waals surface area contributed by atoms with E-state index in [-0.39, 0.29) is 30.3 Å². The SMILES string of the molecule is CCCC[C@H](NC(=O)[C@@H]1C[C@@H]1CNC(=O)OCC1c2ccccc2-c2ccccc21)C(=O)O. The summed E-state index contributed by atoms with van der Waals surface area (Å²) in [5, 5.41) is 14.7. The van der Waals surface area contributed by atoms with Crippen molar-refractivity contribution in [3.8, 4) is 11.1 Å². The summed E-state index contributed by atoms with van der Waals surface area (Å²) in [6.45, 7) is 2.56. The Balaban J connectivity index is 1.24. The van der Waals surface area contributed by atoms with Gasteiger partial charge in [0, 0.05) is 18.4 Å². The summed E-state index contributed by atoms with van der Waals surface area (Å²) in [4.78, 5) is 36.0. The summed E-state index contributed by atoms with van der Waals surface area (Å²) >= 11 is 0. The standard InChI is InChI=1S/C26H30N2O5/c1-2-3-12-23(25(30)31)28-24(29)21-13-16(21)14-27-26(32)33-15-22-19-10-6-4-8-17(19)18-9-5-7-11-20(18)22/h4-11,16,21-23H,2-3,12-15H2,1H3,(H,27,32)(H,28,29)(H,30,31)/t16-,21-,23+/m1/s1. The van der Waals surface area contributed by atoms with Gasteiger partial charge in [0.1, 0.15) is 12.6 Å². The fourth-order valence-electron chi connectivity index (χ4n) is 4.60. The van der Waals surface area contributed by atoms with Crippen LogP contribution in [0, 0.1) is 11.8 Å². The molecule has 2 amide bonds. The van der Waals surface area contributed by atoms with Crippen LogP contribution in [-0.2, 0) is 14.3 Å². The number of amides is 2. The highest BCUT2D eigenvalue weighted by Gasteiger charge is 2.44. The highest BCUT2D eigenvalue weighted by atomic mass is 16.5. The van der Waals surface area contributed by atoms with Crippen molar-refractivity contribution in [3.05, 3.63) is 59.7 Å². The van der Waals surface area contributed by atoms with Gasteiger partial charge >= 0.3 is 12.1 Å². The Bertz CT molecular complexity index is 991. The normalized spacial score (nSPS) is 19.2. The molecule has 7 heteroatoms. The van der Waals surface area contributed by atoms with Crippen molar-refractivity contribution in [2.75, 3.05) is 13.2 Å². The van der Waals surface area contributed by atoms with Crippen molar-refractivity contribution in [2.45, 2.75) is 44.6 Å². The highest BCUT2D eigenvalue weighted by Crippen LogP contribution is 2.44. The average Bonchev–Trinajstić information content (AvgIpc) is 3.54. The molecule has 0 radical (unpaired) electrons. The van der Waals surface area contributed by atoms with Crippen molar-refractivity contribution in [3.63, 3.8) is 0 Å². The molecule has 2 aliphatic rings. The lowest BCUT2D eigenvalue weighted by atomic mass is 9.98. The van der Waals surface area contributed by atoms with Crippen molar-refractivity contribution in [1.29, 1.82) is 0 Å². The number of carboxylic acids is 1. The summed E-state index contributed by atoms with van der Waals surface area (Å²) in [5.41, 5.74) is 4.66. The third kappa shape index (κ3) is 5.18. The van der Waals surface area contributed by atoms with Crippen LogP contribution in [-0.4, -0.2) is 42.3 Å². The summed E-state index contributed by atoms with van der Waals surface area (Å²) in [7, 11) is 0. The lowest BCUT2D eigenvalue weighted by Gasteiger charge is -2.15. The van der Waals surface area contributed by atoms with E-state index in [2.05, 4.69) is 34.9 Å². The molecule has 0 heterocycles. The van der Waals surface area contributed by atoms with E-state index in [9.17, 15) is 19.5 Å². The van der Waals surface area contributed by atoms with Crippen LogP contribution < -0.4 is 10.6 Å². The Labute approximate surface area is 193 Å². The van der Waals surface area contributed by atoms with Crippen LogP contribution in [0.2, 0.25) is 0 Å². The molecule has 4 rings (SSSR count). The summed E-state index contributed by atoms with van der Waals surface area (Å²) in [6.07, 6.45) is 2.17. The lowest BCUT2D eigenvalue weighted by Crippen LogP contribution is -2.42. The number of unbranched alkanes of at least 4 members (excludes halogenated alkanes) is 1. The molecule has 174 valence electrons. The Morgan fingerprint density at radius 1 is 1.06 bits per heavy atom. The third-order valence-corrected chi connectivity index (χ3v) is 6.57. The van der Waals surface area contributed by atoms with E-state index in [0.717, 1.165) is 24.0 Å². The van der Waals surface area contributed by atoms with E-state index >= 15 is 0 Å². The first-order valence-corrected chi connectivity index (χ1v) is 11.6. The number of hydrogen-bond acceptors (Lipinski definition) is 4. The zero-order valence-electron chi connectivity index (χ0n) is 18.8. The first-order chi connectivity index (χ1) is 16.0. The van der Waals surface area contributed by atoms with Crippen LogP contribution in [0.5, 0.6) is 0 Å². The van der Waals surface area contributed by atoms with Crippen molar-refractivity contribution >= 4 is 18.0 Å². The third-order valence-electron chi connectivity index (χ3n) is 6.57. The van der Waals surface area contributed by atoms with Gasteiger partial charge in [-0.3, -0.25) is 4.79 Å². The molecule has 2 aromatic rings. The van der Waals surface area contributed by atoms with Crippen molar-refractivity contribution < 1.29 is 24.2 Å². The maximum Gasteiger partial charge on any atom is 0.407 e. The number of aliphatic carboxylic acids is 1. The number of fused-ring (bicyclic) bond motifs is 3. The van der Waals surface area contributed by atoms with E-state index in [0.29, 0.717) is 19.4 Å². The Morgan fingerprint density at radius 2 is 1.70 bits per heavy atom. The molecule has 7 nitrogen and oxygen atoms in total. The smallest absolute Gasteiger partial charge is 0.407 e. The molecule has 3 atom stereocenters. The van der Waals surface area contributed by atoms with Gasteiger partial charge < -0.3 is 20.5 Å². The van der Waals surface area contributed by atoms with Crippen LogP contribution in [0.4, 0.5) is 4.79 Å². The maximum atomic E-state index is 12.4. The van der Waals surface area contributed by atoms with Crippen LogP contribution in [0.3, 0.4) is 0 Å². The van der Waals surface area contributed by atoms with Gasteiger partial charge in [0.25, 0.3) is 0 Å². The van der Waals surface area contributed by atoms with Crippen LogP contribution in [0.1, 0.15) is 49.7 Å². The van der Waals surface area contributed by atoms with E-state index in [1.54, 1.807) is 0 Å². The monoisotopic (exact) mass is 450 g/mol. The number of carbonyl (C=O) groups is 3. The van der Waals surface area contributed by atoms with Gasteiger partial charge in [-0.25, -0.2) is 9.59 Å². The number of alkyl carbamates (subject to hydrolysis) is 1. The number of rotatable bonds is 10. The molecule has 33 heavy (non-hydrogen) atoms. The minimum absolute atomic E-state index is 0.00123. The Kier molecular flexibility index (Phi) is 6.96. The quantitative estimate of drug-likeness (QED) is 0.509. The summed E-state index contributed by atoms with van der Waals surface area (Å²) in [5.74, 6) is -1.52. The number of hydrogen-bond donors (Lipinski definition) is 3.